The van der Waals surface area contributed by atoms with Gasteiger partial charge in [0.2, 0.25) is 0 Å². The van der Waals surface area contributed by atoms with Gasteiger partial charge in [0.25, 0.3) is 0 Å². The Bertz CT molecular complexity index is 1110. The Hall–Kier alpha value is -3.54. The summed E-state index contributed by atoms with van der Waals surface area (Å²) in [5, 5.41) is 0. The van der Waals surface area contributed by atoms with Crippen LogP contribution in [0.15, 0.2) is 73.8 Å². The monoisotopic (exact) mass is 544 g/mol. The number of hydrogen-bond acceptors (Lipinski definition) is 6. The smallest absolute Gasteiger partial charge is 0.330 e. The maximum absolute atomic E-state index is 11.5. The van der Waals surface area contributed by atoms with Crippen LogP contribution < -0.4 is 9.47 Å². The normalized spacial score (nSPS) is 27.8. The largest absolute Gasteiger partial charge is 0.490 e. The summed E-state index contributed by atoms with van der Waals surface area (Å²) in [7, 11) is 0. The molecule has 4 saturated carbocycles. The highest BCUT2D eigenvalue weighted by Gasteiger charge is 2.58. The lowest BCUT2D eigenvalue weighted by Crippen LogP contribution is -2.56. The lowest BCUT2D eigenvalue weighted by molar-refractivity contribution is -0.144. The summed E-state index contributed by atoms with van der Waals surface area (Å²) in [5.74, 6) is 3.55. The second-order valence-corrected chi connectivity index (χ2v) is 11.7. The van der Waals surface area contributed by atoms with Crippen LogP contribution in [0.25, 0.3) is 0 Å². The molecule has 0 saturated heterocycles. The van der Waals surface area contributed by atoms with Crippen molar-refractivity contribution in [3.8, 4) is 11.5 Å². The molecule has 4 aliphatic carbocycles. The second-order valence-electron chi connectivity index (χ2n) is 11.7. The number of hydrogen-bond donors (Lipinski definition) is 0. The number of rotatable bonds is 12. The van der Waals surface area contributed by atoms with E-state index in [0.29, 0.717) is 11.8 Å². The van der Waals surface area contributed by atoms with Crippen molar-refractivity contribution in [3.05, 3.63) is 85.0 Å². The molecule has 212 valence electrons. The first-order valence-corrected chi connectivity index (χ1v) is 14.4. The minimum atomic E-state index is -0.447. The van der Waals surface area contributed by atoms with Gasteiger partial charge < -0.3 is 18.9 Å². The molecule has 6 heteroatoms. The molecule has 2 unspecified atom stereocenters. The Labute approximate surface area is 237 Å². The summed E-state index contributed by atoms with van der Waals surface area (Å²) < 4.78 is 22.3. The van der Waals surface area contributed by atoms with Crippen LogP contribution in [0.5, 0.6) is 11.5 Å². The Balaban J connectivity index is 1.35. The van der Waals surface area contributed by atoms with Crippen molar-refractivity contribution in [2.45, 2.75) is 63.6 Å². The van der Waals surface area contributed by atoms with Gasteiger partial charge >= 0.3 is 11.9 Å². The summed E-state index contributed by atoms with van der Waals surface area (Å²) in [6.45, 7) is 11.1. The van der Waals surface area contributed by atoms with Crippen molar-refractivity contribution < 1.29 is 28.5 Å². The predicted molar refractivity (Wildman–Crippen MR) is 153 cm³/mol. The van der Waals surface area contributed by atoms with Gasteiger partial charge in [-0.2, -0.15) is 0 Å². The molecule has 6 rings (SSSR count). The molecule has 2 aromatic carbocycles. The Morgan fingerprint density at radius 3 is 1.45 bits per heavy atom. The molecule has 4 aliphatic rings. The fourth-order valence-corrected chi connectivity index (χ4v) is 7.68. The predicted octanol–water partition coefficient (Wildman–Crippen LogP) is 6.42. The van der Waals surface area contributed by atoms with Crippen LogP contribution in [0, 0.1) is 23.7 Å². The molecule has 0 heterocycles. The maximum Gasteiger partial charge on any atom is 0.330 e. The number of benzene rings is 2. The molecule has 4 bridgehead atoms. The van der Waals surface area contributed by atoms with E-state index < -0.39 is 11.9 Å². The van der Waals surface area contributed by atoms with Gasteiger partial charge in [0.05, 0.1) is 0 Å². The Kier molecular flexibility index (Phi) is 8.34. The van der Waals surface area contributed by atoms with Crippen molar-refractivity contribution >= 4 is 11.9 Å². The van der Waals surface area contributed by atoms with Gasteiger partial charge in [-0.05, 0) is 105 Å². The average molecular weight is 545 g/mol. The fourth-order valence-electron chi connectivity index (χ4n) is 7.68. The van der Waals surface area contributed by atoms with Crippen molar-refractivity contribution in [1.29, 1.82) is 0 Å². The maximum atomic E-state index is 11.5. The summed E-state index contributed by atoms with van der Waals surface area (Å²) in [5.41, 5.74) is 2.65. The van der Waals surface area contributed by atoms with Crippen LogP contribution in [0.4, 0.5) is 0 Å². The van der Waals surface area contributed by atoms with E-state index in [9.17, 15) is 9.59 Å². The van der Waals surface area contributed by atoms with Crippen molar-refractivity contribution in [3.63, 3.8) is 0 Å². The van der Waals surface area contributed by atoms with E-state index in [-0.39, 0.29) is 30.8 Å². The topological polar surface area (TPSA) is 71.1 Å². The van der Waals surface area contributed by atoms with Crippen molar-refractivity contribution in [2.75, 3.05) is 13.2 Å². The van der Waals surface area contributed by atoms with E-state index in [1.54, 1.807) is 13.8 Å². The van der Waals surface area contributed by atoms with Crippen LogP contribution in [-0.2, 0) is 24.5 Å². The van der Waals surface area contributed by atoms with Crippen molar-refractivity contribution in [1.82, 2.24) is 0 Å². The summed E-state index contributed by atoms with van der Waals surface area (Å²) in [6.07, 6.45) is 8.11. The first-order valence-electron chi connectivity index (χ1n) is 14.4. The zero-order valence-corrected chi connectivity index (χ0v) is 23.6. The number of ether oxygens (including phenoxy) is 4. The average Bonchev–Trinajstić information content (AvgIpc) is 2.95. The Morgan fingerprint density at radius 1 is 0.725 bits per heavy atom. The van der Waals surface area contributed by atoms with Crippen LogP contribution in [0.1, 0.15) is 57.1 Å². The van der Waals surface area contributed by atoms with E-state index in [4.69, 9.17) is 18.9 Å². The van der Waals surface area contributed by atoms with E-state index in [0.717, 1.165) is 35.5 Å². The van der Waals surface area contributed by atoms with Gasteiger partial charge in [-0.25, -0.2) is 9.59 Å². The summed E-state index contributed by atoms with van der Waals surface area (Å²) in [6, 6.07) is 17.1. The summed E-state index contributed by atoms with van der Waals surface area (Å²) in [4.78, 5) is 22.9. The van der Waals surface area contributed by atoms with Crippen LogP contribution in [-0.4, -0.2) is 37.4 Å². The van der Waals surface area contributed by atoms with Gasteiger partial charge in [0, 0.05) is 17.6 Å². The molecular weight excluding hydrogens is 504 g/mol. The van der Waals surface area contributed by atoms with E-state index in [2.05, 4.69) is 37.4 Å². The fraction of sp³-hybridized carbons (Fsp3) is 0.471. The molecule has 2 atom stereocenters. The molecule has 4 fully saturated rings. The van der Waals surface area contributed by atoms with E-state index in [1.807, 2.05) is 24.3 Å². The van der Waals surface area contributed by atoms with Crippen LogP contribution in [0.2, 0.25) is 0 Å². The highest BCUT2D eigenvalue weighted by Crippen LogP contribution is 2.65. The SMILES string of the molecule is C=CC(=O)OC(C)COc1ccc(C2(c3ccc(OCC(C)OC(=O)C=C)cc3)C3CC4CC(C3)CC2C4)cc1. The highest BCUT2D eigenvalue weighted by molar-refractivity contribution is 5.81. The van der Waals surface area contributed by atoms with Crippen molar-refractivity contribution in [2.24, 2.45) is 23.7 Å². The van der Waals surface area contributed by atoms with Gasteiger partial charge in [0.1, 0.15) is 36.9 Å². The summed E-state index contributed by atoms with van der Waals surface area (Å²) >= 11 is 0. The van der Waals surface area contributed by atoms with Gasteiger partial charge in [0.15, 0.2) is 0 Å². The third-order valence-electron chi connectivity index (χ3n) is 9.03. The lowest BCUT2D eigenvalue weighted by atomic mass is 9.42. The lowest BCUT2D eigenvalue weighted by Gasteiger charge is -2.62. The third-order valence-corrected chi connectivity index (χ3v) is 9.03. The first-order chi connectivity index (χ1) is 19.3. The van der Waals surface area contributed by atoms with Crippen LogP contribution in [0.3, 0.4) is 0 Å². The zero-order chi connectivity index (χ0) is 28.3. The molecule has 40 heavy (non-hydrogen) atoms. The quantitative estimate of drug-likeness (QED) is 0.227. The minimum Gasteiger partial charge on any atom is -0.490 e. The molecule has 0 radical (unpaired) electrons. The standard InChI is InChI=1S/C34H40O6/c1-5-32(35)39-22(3)20-37-30-11-7-26(8-12-30)34(28-16-24-15-25(18-28)19-29(34)17-24)27-9-13-31(14-10-27)38-21-23(4)40-33(36)6-2/h5-14,22-25,28-29H,1-2,15-21H2,3-4H3. The number of carbonyl (C=O) groups is 2. The Morgan fingerprint density at radius 2 is 1.10 bits per heavy atom. The third kappa shape index (κ3) is 5.67. The van der Waals surface area contributed by atoms with E-state index in [1.165, 1.54) is 43.2 Å². The van der Waals surface area contributed by atoms with Gasteiger partial charge in [-0.3, -0.25) is 0 Å². The number of esters is 2. The molecule has 6 nitrogen and oxygen atoms in total. The minimum absolute atomic E-state index is 0.0377. The molecule has 0 aliphatic heterocycles. The molecule has 0 aromatic heterocycles. The highest BCUT2D eigenvalue weighted by atomic mass is 16.6. The molecule has 0 N–H and O–H groups in total. The van der Waals surface area contributed by atoms with E-state index >= 15 is 0 Å². The zero-order valence-electron chi connectivity index (χ0n) is 23.6. The number of carbonyl (C=O) groups excluding carboxylic acids is 2. The van der Waals surface area contributed by atoms with Crippen LogP contribution >= 0.6 is 0 Å². The molecular formula is C34H40O6. The molecule has 0 spiro atoms. The molecule has 0 amide bonds. The van der Waals surface area contributed by atoms with Gasteiger partial charge in [-0.1, -0.05) is 37.4 Å². The second kappa shape index (κ2) is 11.9. The van der Waals surface area contributed by atoms with Gasteiger partial charge in [-0.15, -0.1) is 0 Å². The first kappa shape index (κ1) is 28.0. The molecule has 2 aromatic rings.